The second-order valence-corrected chi connectivity index (χ2v) is 4.74. The maximum Gasteiger partial charge on any atom is 0.336 e. The molecular formula is C16H12N2O3. The number of fused-ring (bicyclic) bond motifs is 1. The van der Waals surface area contributed by atoms with E-state index in [1.807, 2.05) is 6.07 Å². The Hall–Kier alpha value is -2.95. The van der Waals surface area contributed by atoms with Gasteiger partial charge in [0.2, 0.25) is 5.56 Å². The lowest BCUT2D eigenvalue weighted by molar-refractivity contribution is 0.0699. The third-order valence-electron chi connectivity index (χ3n) is 3.34. The minimum Gasteiger partial charge on any atom is -0.478 e. The normalized spacial score (nSPS) is 10.7. The fourth-order valence-electron chi connectivity index (χ4n) is 2.35. The zero-order chi connectivity index (χ0) is 15.0. The molecule has 2 heterocycles. The van der Waals surface area contributed by atoms with Gasteiger partial charge >= 0.3 is 5.97 Å². The number of aromatic nitrogens is 2. The molecule has 3 aromatic rings. The van der Waals surface area contributed by atoms with Crippen LogP contribution in [0.15, 0.2) is 47.3 Å². The Morgan fingerprint density at radius 1 is 1.19 bits per heavy atom. The first kappa shape index (κ1) is 13.1. The van der Waals surface area contributed by atoms with Gasteiger partial charge in [-0.25, -0.2) is 9.78 Å². The summed E-state index contributed by atoms with van der Waals surface area (Å²) in [6.45, 7) is 1.76. The lowest BCUT2D eigenvalue weighted by Crippen LogP contribution is -2.07. The summed E-state index contributed by atoms with van der Waals surface area (Å²) in [5.74, 6) is -1.00. The van der Waals surface area contributed by atoms with Crippen molar-refractivity contribution in [2.75, 3.05) is 0 Å². The van der Waals surface area contributed by atoms with Crippen LogP contribution in [0.5, 0.6) is 0 Å². The van der Waals surface area contributed by atoms with Crippen LogP contribution in [0.1, 0.15) is 16.1 Å². The summed E-state index contributed by atoms with van der Waals surface area (Å²) in [6.07, 6.45) is 0. The molecule has 5 heteroatoms. The van der Waals surface area contributed by atoms with Crippen molar-refractivity contribution < 1.29 is 9.90 Å². The summed E-state index contributed by atoms with van der Waals surface area (Å²) in [5, 5.41) is 9.98. The number of rotatable bonds is 2. The van der Waals surface area contributed by atoms with Crippen LogP contribution in [0.4, 0.5) is 0 Å². The monoisotopic (exact) mass is 280 g/mol. The van der Waals surface area contributed by atoms with E-state index in [0.717, 1.165) is 0 Å². The van der Waals surface area contributed by atoms with E-state index in [1.165, 1.54) is 12.1 Å². The number of aryl methyl sites for hydroxylation is 1. The number of hydrogen-bond donors (Lipinski definition) is 2. The van der Waals surface area contributed by atoms with Crippen LogP contribution in [0.25, 0.3) is 22.2 Å². The van der Waals surface area contributed by atoms with Crippen LogP contribution in [-0.2, 0) is 0 Å². The van der Waals surface area contributed by atoms with E-state index in [9.17, 15) is 14.7 Å². The van der Waals surface area contributed by atoms with Crippen LogP contribution >= 0.6 is 0 Å². The highest BCUT2D eigenvalue weighted by molar-refractivity contribution is 6.03. The minimum absolute atomic E-state index is 0.196. The summed E-state index contributed by atoms with van der Waals surface area (Å²) >= 11 is 0. The Balaban J connectivity index is 2.33. The number of nitrogens with one attached hydrogen (secondary N) is 1. The van der Waals surface area contributed by atoms with Crippen LogP contribution in [0.2, 0.25) is 0 Å². The number of benzene rings is 1. The lowest BCUT2D eigenvalue weighted by Gasteiger charge is -2.08. The fourth-order valence-corrected chi connectivity index (χ4v) is 2.35. The van der Waals surface area contributed by atoms with Crippen molar-refractivity contribution in [2.45, 2.75) is 6.92 Å². The Morgan fingerprint density at radius 2 is 1.95 bits per heavy atom. The smallest absolute Gasteiger partial charge is 0.336 e. The van der Waals surface area contributed by atoms with Gasteiger partial charge in [-0.05, 0) is 25.1 Å². The van der Waals surface area contributed by atoms with Gasteiger partial charge in [-0.3, -0.25) is 4.79 Å². The first-order chi connectivity index (χ1) is 10.1. The molecule has 0 fully saturated rings. The van der Waals surface area contributed by atoms with Gasteiger partial charge in [-0.15, -0.1) is 0 Å². The maximum atomic E-state index is 11.5. The van der Waals surface area contributed by atoms with Crippen LogP contribution in [0, 0.1) is 6.92 Å². The molecule has 0 bridgehead atoms. The molecule has 2 aromatic heterocycles. The molecule has 0 unspecified atom stereocenters. The third-order valence-corrected chi connectivity index (χ3v) is 3.34. The summed E-state index contributed by atoms with van der Waals surface area (Å²) in [4.78, 5) is 29.9. The summed E-state index contributed by atoms with van der Waals surface area (Å²) in [6, 6.07) is 11.7. The molecule has 1 aromatic carbocycles. The first-order valence-electron chi connectivity index (χ1n) is 6.39. The predicted octanol–water partition coefficient (Wildman–Crippen LogP) is 2.60. The van der Waals surface area contributed by atoms with E-state index in [2.05, 4.69) is 9.97 Å². The first-order valence-corrected chi connectivity index (χ1v) is 6.39. The zero-order valence-corrected chi connectivity index (χ0v) is 11.3. The molecule has 0 radical (unpaired) electrons. The number of nitrogens with zero attached hydrogens (tertiary/aromatic N) is 1. The average Bonchev–Trinajstić information content (AvgIpc) is 2.46. The molecular weight excluding hydrogens is 268 g/mol. The Labute approximate surface area is 119 Å². The quantitative estimate of drug-likeness (QED) is 0.755. The number of para-hydroxylation sites is 1. The molecule has 0 amide bonds. The molecule has 0 atom stereocenters. The number of aromatic carboxylic acids is 1. The molecule has 0 aliphatic carbocycles. The lowest BCUT2D eigenvalue weighted by atomic mass is 10.0. The van der Waals surface area contributed by atoms with Gasteiger partial charge in [0.15, 0.2) is 0 Å². The number of carbonyl (C=O) groups is 1. The van der Waals surface area contributed by atoms with Gasteiger partial charge in [0.1, 0.15) is 0 Å². The highest BCUT2D eigenvalue weighted by Gasteiger charge is 2.13. The van der Waals surface area contributed by atoms with Gasteiger partial charge in [0, 0.05) is 22.7 Å². The van der Waals surface area contributed by atoms with E-state index in [0.29, 0.717) is 27.9 Å². The van der Waals surface area contributed by atoms with Gasteiger partial charge in [-0.1, -0.05) is 18.2 Å². The number of aromatic amines is 1. The predicted molar refractivity (Wildman–Crippen MR) is 79.5 cm³/mol. The van der Waals surface area contributed by atoms with Crippen molar-refractivity contribution in [2.24, 2.45) is 0 Å². The second-order valence-electron chi connectivity index (χ2n) is 4.74. The molecule has 0 aliphatic heterocycles. The summed E-state index contributed by atoms with van der Waals surface area (Å²) in [7, 11) is 0. The van der Waals surface area contributed by atoms with E-state index in [-0.39, 0.29) is 11.1 Å². The Bertz CT molecular complexity index is 913. The Kier molecular flexibility index (Phi) is 3.02. The molecule has 0 saturated heterocycles. The summed E-state index contributed by atoms with van der Waals surface area (Å²) in [5.41, 5.74) is 2.50. The largest absolute Gasteiger partial charge is 0.478 e. The van der Waals surface area contributed by atoms with Crippen LogP contribution < -0.4 is 5.56 Å². The van der Waals surface area contributed by atoms with Gasteiger partial charge in [0.25, 0.3) is 0 Å². The molecule has 2 N–H and O–H groups in total. The standard InChI is InChI=1S/C16H12N2O3/c1-9-10(6-7-15(19)17-9)14-8-12(16(20)21)11-4-2-3-5-13(11)18-14/h2-8H,1H3,(H,17,19)(H,20,21). The SMILES string of the molecule is Cc1[nH]c(=O)ccc1-c1cc(C(=O)O)c2ccccc2n1. The highest BCUT2D eigenvalue weighted by Crippen LogP contribution is 2.25. The van der Waals surface area contributed by atoms with Crippen LogP contribution in [-0.4, -0.2) is 21.0 Å². The van der Waals surface area contributed by atoms with E-state index < -0.39 is 5.97 Å². The molecule has 3 rings (SSSR count). The number of carboxylic acid groups (broad SMARTS) is 1. The van der Waals surface area contributed by atoms with Crippen molar-refractivity contribution in [3.8, 4) is 11.3 Å². The van der Waals surface area contributed by atoms with Crippen LogP contribution in [0.3, 0.4) is 0 Å². The second kappa shape index (κ2) is 4.86. The van der Waals surface area contributed by atoms with Gasteiger partial charge in [-0.2, -0.15) is 0 Å². The van der Waals surface area contributed by atoms with Crippen molar-refractivity contribution >= 4 is 16.9 Å². The molecule has 104 valence electrons. The van der Waals surface area contributed by atoms with E-state index in [1.54, 1.807) is 31.2 Å². The van der Waals surface area contributed by atoms with Gasteiger partial charge in [0.05, 0.1) is 16.8 Å². The maximum absolute atomic E-state index is 11.5. The fraction of sp³-hybridized carbons (Fsp3) is 0.0625. The van der Waals surface area contributed by atoms with Crippen molar-refractivity contribution in [3.05, 3.63) is 64.1 Å². The number of H-pyrrole nitrogens is 1. The molecule has 21 heavy (non-hydrogen) atoms. The third kappa shape index (κ3) is 2.29. The Morgan fingerprint density at radius 3 is 2.67 bits per heavy atom. The average molecular weight is 280 g/mol. The van der Waals surface area contributed by atoms with Crippen molar-refractivity contribution in [3.63, 3.8) is 0 Å². The molecule has 0 saturated carbocycles. The topological polar surface area (TPSA) is 83.0 Å². The van der Waals surface area contributed by atoms with Crippen molar-refractivity contribution in [1.82, 2.24) is 9.97 Å². The molecule has 0 spiro atoms. The van der Waals surface area contributed by atoms with E-state index in [4.69, 9.17) is 0 Å². The summed E-state index contributed by atoms with van der Waals surface area (Å²) < 4.78 is 0. The number of carboxylic acids is 1. The zero-order valence-electron chi connectivity index (χ0n) is 11.3. The van der Waals surface area contributed by atoms with Gasteiger partial charge < -0.3 is 10.1 Å². The molecule has 5 nitrogen and oxygen atoms in total. The van der Waals surface area contributed by atoms with E-state index >= 15 is 0 Å². The number of pyridine rings is 2. The minimum atomic E-state index is -1.00. The van der Waals surface area contributed by atoms with Crippen molar-refractivity contribution in [1.29, 1.82) is 0 Å². The number of hydrogen-bond acceptors (Lipinski definition) is 3. The molecule has 0 aliphatic rings. The highest BCUT2D eigenvalue weighted by atomic mass is 16.4.